The van der Waals surface area contributed by atoms with E-state index in [1.165, 1.54) is 21.6 Å². The van der Waals surface area contributed by atoms with Crippen molar-refractivity contribution in [3.05, 3.63) is 92.1 Å². The van der Waals surface area contributed by atoms with Gasteiger partial charge in [-0.05, 0) is 60.5 Å². The molecule has 36 heavy (non-hydrogen) atoms. The van der Waals surface area contributed by atoms with Crippen molar-refractivity contribution < 1.29 is 9.59 Å². The number of hydrogen-bond acceptors (Lipinski definition) is 4. The molecule has 1 aromatic heterocycles. The summed E-state index contributed by atoms with van der Waals surface area (Å²) in [4.78, 5) is 34.0. The zero-order chi connectivity index (χ0) is 25.2. The van der Waals surface area contributed by atoms with Crippen molar-refractivity contribution in [1.82, 2.24) is 14.7 Å². The van der Waals surface area contributed by atoms with Crippen LogP contribution in [0.5, 0.6) is 0 Å². The molecule has 1 saturated heterocycles. The van der Waals surface area contributed by atoms with E-state index in [4.69, 9.17) is 11.6 Å². The number of amides is 2. The first-order valence-corrected chi connectivity index (χ1v) is 13.9. The van der Waals surface area contributed by atoms with E-state index < -0.39 is 0 Å². The highest BCUT2D eigenvalue weighted by atomic mass is 35.5. The van der Waals surface area contributed by atoms with E-state index in [0.717, 1.165) is 19.5 Å². The van der Waals surface area contributed by atoms with E-state index in [-0.39, 0.29) is 23.9 Å². The molecule has 0 saturated carbocycles. The van der Waals surface area contributed by atoms with E-state index in [1.807, 2.05) is 40.2 Å². The van der Waals surface area contributed by atoms with Gasteiger partial charge in [0.25, 0.3) is 5.91 Å². The number of nitrogens with zero attached hydrogens (tertiary/aromatic N) is 3. The SMILES string of the molecule is Cc1ccccc1[C@@H]1c2ccsc2CCN1CCC(=O)N1CCN(C(=O)c2ccccc2Cl)[C@@H](C)C1. The Morgan fingerprint density at radius 3 is 2.56 bits per heavy atom. The van der Waals surface area contributed by atoms with Crippen LogP contribution in [0.25, 0.3) is 0 Å². The number of fused-ring (bicyclic) bond motifs is 1. The summed E-state index contributed by atoms with van der Waals surface area (Å²) < 4.78 is 0. The minimum Gasteiger partial charge on any atom is -0.339 e. The molecular formula is C29H32ClN3O2S. The monoisotopic (exact) mass is 521 g/mol. The summed E-state index contributed by atoms with van der Waals surface area (Å²) >= 11 is 8.09. The van der Waals surface area contributed by atoms with Crippen LogP contribution in [-0.2, 0) is 11.2 Å². The van der Waals surface area contributed by atoms with Gasteiger partial charge < -0.3 is 9.80 Å². The first-order chi connectivity index (χ1) is 17.4. The Morgan fingerprint density at radius 1 is 1.00 bits per heavy atom. The van der Waals surface area contributed by atoms with E-state index in [9.17, 15) is 9.59 Å². The van der Waals surface area contributed by atoms with Gasteiger partial charge >= 0.3 is 0 Å². The van der Waals surface area contributed by atoms with Crippen molar-refractivity contribution in [2.45, 2.75) is 38.8 Å². The molecule has 1 fully saturated rings. The molecule has 0 radical (unpaired) electrons. The first kappa shape index (κ1) is 25.0. The van der Waals surface area contributed by atoms with Crippen LogP contribution in [0, 0.1) is 6.92 Å². The third-order valence-electron chi connectivity index (χ3n) is 7.51. The molecule has 2 aliphatic rings. The zero-order valence-corrected chi connectivity index (χ0v) is 22.4. The van der Waals surface area contributed by atoms with Crippen molar-refractivity contribution >= 4 is 34.8 Å². The number of benzene rings is 2. The lowest BCUT2D eigenvalue weighted by atomic mass is 9.90. The molecule has 188 valence electrons. The molecule has 2 amide bonds. The first-order valence-electron chi connectivity index (χ1n) is 12.6. The summed E-state index contributed by atoms with van der Waals surface area (Å²) in [6.45, 7) is 7.47. The number of rotatable bonds is 5. The number of halogens is 1. The van der Waals surface area contributed by atoms with Gasteiger partial charge in [-0.25, -0.2) is 0 Å². The van der Waals surface area contributed by atoms with Crippen molar-refractivity contribution in [3.63, 3.8) is 0 Å². The second kappa shape index (κ2) is 10.8. The van der Waals surface area contributed by atoms with Gasteiger partial charge in [-0.15, -0.1) is 11.3 Å². The normalized spacial score (nSPS) is 20.3. The third-order valence-corrected chi connectivity index (χ3v) is 8.83. The molecule has 2 aromatic carbocycles. The Hall–Kier alpha value is -2.67. The molecule has 0 spiro atoms. The largest absolute Gasteiger partial charge is 0.339 e. The summed E-state index contributed by atoms with van der Waals surface area (Å²) in [7, 11) is 0. The molecule has 3 aromatic rings. The summed E-state index contributed by atoms with van der Waals surface area (Å²) in [5.41, 5.74) is 4.51. The van der Waals surface area contributed by atoms with Crippen molar-refractivity contribution in [2.75, 3.05) is 32.7 Å². The highest BCUT2D eigenvalue weighted by molar-refractivity contribution is 7.10. The third kappa shape index (κ3) is 4.95. The lowest BCUT2D eigenvalue weighted by molar-refractivity contribution is -0.134. The predicted octanol–water partition coefficient (Wildman–Crippen LogP) is 5.42. The van der Waals surface area contributed by atoms with Crippen molar-refractivity contribution in [1.29, 1.82) is 0 Å². The Bertz CT molecular complexity index is 1260. The van der Waals surface area contributed by atoms with Gasteiger partial charge in [-0.3, -0.25) is 14.5 Å². The van der Waals surface area contributed by atoms with Crippen molar-refractivity contribution in [2.24, 2.45) is 0 Å². The Balaban J connectivity index is 1.23. The minimum atomic E-state index is -0.0684. The zero-order valence-electron chi connectivity index (χ0n) is 20.8. The Labute approximate surface area is 222 Å². The van der Waals surface area contributed by atoms with Crippen LogP contribution >= 0.6 is 22.9 Å². The highest BCUT2D eigenvalue weighted by Gasteiger charge is 2.33. The summed E-state index contributed by atoms with van der Waals surface area (Å²) in [6.07, 6.45) is 1.51. The van der Waals surface area contributed by atoms with Crippen molar-refractivity contribution in [3.8, 4) is 0 Å². The number of hydrogen-bond donors (Lipinski definition) is 0. The number of carbonyl (C=O) groups excluding carboxylic acids is 2. The summed E-state index contributed by atoms with van der Waals surface area (Å²) in [5.74, 6) is 0.0903. The molecule has 5 nitrogen and oxygen atoms in total. The van der Waals surface area contributed by atoms with Gasteiger partial charge in [-0.2, -0.15) is 0 Å². The molecule has 7 heteroatoms. The fourth-order valence-electron chi connectivity index (χ4n) is 5.54. The van der Waals surface area contributed by atoms with Gasteiger partial charge in [0.1, 0.15) is 0 Å². The van der Waals surface area contributed by atoms with Crippen LogP contribution in [0.1, 0.15) is 51.3 Å². The maximum absolute atomic E-state index is 13.3. The molecule has 3 heterocycles. The number of carbonyl (C=O) groups is 2. The molecule has 2 atom stereocenters. The molecule has 0 unspecified atom stereocenters. The summed E-state index contributed by atoms with van der Waals surface area (Å²) in [5, 5.41) is 2.65. The maximum Gasteiger partial charge on any atom is 0.255 e. The lowest BCUT2D eigenvalue weighted by Gasteiger charge is -2.41. The van der Waals surface area contributed by atoms with Gasteiger partial charge in [0, 0.05) is 50.1 Å². The predicted molar refractivity (Wildman–Crippen MR) is 146 cm³/mol. The molecule has 0 aliphatic carbocycles. The average molecular weight is 522 g/mol. The lowest BCUT2D eigenvalue weighted by Crippen LogP contribution is -2.55. The van der Waals surface area contributed by atoms with E-state index in [2.05, 4.69) is 47.5 Å². The quantitative estimate of drug-likeness (QED) is 0.450. The minimum absolute atomic E-state index is 0.0606. The Kier molecular flexibility index (Phi) is 7.47. The number of thiophene rings is 1. The van der Waals surface area contributed by atoms with Gasteiger partial charge in [-0.1, -0.05) is 48.0 Å². The second-order valence-electron chi connectivity index (χ2n) is 9.76. The fourth-order valence-corrected chi connectivity index (χ4v) is 6.66. The molecule has 2 aliphatic heterocycles. The molecular weight excluding hydrogens is 490 g/mol. The van der Waals surface area contributed by atoms with Crippen LogP contribution < -0.4 is 0 Å². The second-order valence-corrected chi connectivity index (χ2v) is 11.2. The van der Waals surface area contributed by atoms with Crippen LogP contribution in [0.4, 0.5) is 0 Å². The number of piperazine rings is 1. The molecule has 0 N–H and O–H groups in total. The summed E-state index contributed by atoms with van der Waals surface area (Å²) in [6, 6.07) is 18.1. The maximum atomic E-state index is 13.3. The van der Waals surface area contributed by atoms with Crippen LogP contribution in [0.3, 0.4) is 0 Å². The van der Waals surface area contributed by atoms with Crippen LogP contribution in [-0.4, -0.2) is 65.3 Å². The standard InChI is InChI=1S/C29H32ClN3O2S/c1-20-7-3-4-8-22(20)28-24-13-18-36-26(24)11-14-31(28)15-12-27(34)32-16-17-33(21(2)19-32)29(35)23-9-5-6-10-25(23)30/h3-10,13,18,21,28H,11-12,14-17,19H2,1-2H3/t21-,28+/m0/s1. The van der Waals surface area contributed by atoms with Gasteiger partial charge in [0.2, 0.25) is 5.91 Å². The fraction of sp³-hybridized carbons (Fsp3) is 0.379. The number of aryl methyl sites for hydroxylation is 1. The van der Waals surface area contributed by atoms with E-state index in [1.54, 1.807) is 12.1 Å². The van der Waals surface area contributed by atoms with Gasteiger partial charge in [0.05, 0.1) is 16.6 Å². The Morgan fingerprint density at radius 2 is 1.78 bits per heavy atom. The topological polar surface area (TPSA) is 43.9 Å². The van der Waals surface area contributed by atoms with Gasteiger partial charge in [0.15, 0.2) is 0 Å². The van der Waals surface area contributed by atoms with Crippen LogP contribution in [0.15, 0.2) is 60.0 Å². The molecule has 0 bridgehead atoms. The average Bonchev–Trinajstić information content (AvgIpc) is 3.36. The smallest absolute Gasteiger partial charge is 0.255 e. The molecule has 5 rings (SSSR count). The van der Waals surface area contributed by atoms with E-state index in [0.29, 0.717) is 36.6 Å². The van der Waals surface area contributed by atoms with E-state index >= 15 is 0 Å². The van der Waals surface area contributed by atoms with Crippen LogP contribution in [0.2, 0.25) is 5.02 Å². The highest BCUT2D eigenvalue weighted by Crippen LogP contribution is 2.39.